The van der Waals surface area contributed by atoms with E-state index in [2.05, 4.69) is 15.9 Å². The molecule has 0 spiro atoms. The zero-order chi connectivity index (χ0) is 13.8. The van der Waals surface area contributed by atoms with Gasteiger partial charge in [0.2, 0.25) is 0 Å². The van der Waals surface area contributed by atoms with Crippen molar-refractivity contribution in [2.75, 3.05) is 12.4 Å². The quantitative estimate of drug-likeness (QED) is 0.831. The summed E-state index contributed by atoms with van der Waals surface area (Å²) in [5, 5.41) is 22.6. The number of alkyl halides is 1. The number of aliphatic hydroxyl groups excluding tert-OH is 2. The van der Waals surface area contributed by atoms with E-state index in [-0.39, 0.29) is 0 Å². The maximum absolute atomic E-state index is 10.1. The summed E-state index contributed by atoms with van der Waals surface area (Å²) in [6.45, 7) is 0. The number of methoxy groups -OCH3 is 1. The molecule has 2 N–H and O–H groups in total. The highest BCUT2D eigenvalue weighted by molar-refractivity contribution is 9.09. The monoisotopic (exact) mass is 324 g/mol. The summed E-state index contributed by atoms with van der Waals surface area (Å²) in [4.78, 5) is 0. The minimum absolute atomic E-state index is 0.516. The minimum atomic E-state index is -0.857. The predicted octanol–water partition coefficient (Wildman–Crippen LogP) is 3.03. The Balaban J connectivity index is 2.31. The van der Waals surface area contributed by atoms with Gasteiger partial charge >= 0.3 is 0 Å². The highest BCUT2D eigenvalue weighted by Crippen LogP contribution is 2.26. The third kappa shape index (κ3) is 3.26. The zero-order valence-corrected chi connectivity index (χ0v) is 12.3. The maximum atomic E-state index is 10.1. The summed E-state index contributed by atoms with van der Waals surface area (Å²) in [7, 11) is 1.63. The van der Waals surface area contributed by atoms with Crippen LogP contribution in [-0.2, 0) is 0 Å². The summed E-state index contributed by atoms with van der Waals surface area (Å²) >= 11 is 3.26. The molecule has 0 aromatic heterocycles. The van der Waals surface area contributed by atoms with E-state index in [9.17, 15) is 10.2 Å². The number of rotatable bonds is 5. The molecule has 0 amide bonds. The van der Waals surface area contributed by atoms with Crippen molar-refractivity contribution < 1.29 is 14.9 Å². The molecule has 0 saturated heterocycles. The first-order valence-corrected chi connectivity index (χ1v) is 7.27. The van der Waals surface area contributed by atoms with Crippen LogP contribution in [0.15, 0.2) is 36.4 Å². The van der Waals surface area contributed by atoms with Crippen LogP contribution in [0.3, 0.4) is 0 Å². The molecule has 19 heavy (non-hydrogen) atoms. The molecule has 0 aliphatic heterocycles. The van der Waals surface area contributed by atoms with E-state index >= 15 is 0 Å². The number of hydrogen-bond acceptors (Lipinski definition) is 3. The van der Waals surface area contributed by atoms with Crippen LogP contribution < -0.4 is 4.74 Å². The van der Waals surface area contributed by atoms with Gasteiger partial charge in [-0.3, -0.25) is 0 Å². The van der Waals surface area contributed by atoms with Crippen molar-refractivity contribution in [2.24, 2.45) is 0 Å². The van der Waals surface area contributed by atoms with Crippen molar-refractivity contribution >= 4 is 26.7 Å². The number of halogens is 1. The number of hydrogen-bond donors (Lipinski definition) is 2. The standard InChI is InChI=1S/C15H17BrO3/c1-19-13-5-4-10-8-12(3-2-11(10)9-13)15(18)14(17)6-7-16/h2-5,8-9,14-15,17-18H,6-7H2,1H3. The Bertz CT molecular complexity index is 556. The van der Waals surface area contributed by atoms with Gasteiger partial charge in [-0.15, -0.1) is 0 Å². The van der Waals surface area contributed by atoms with Crippen LogP contribution in [0.25, 0.3) is 10.8 Å². The summed E-state index contributed by atoms with van der Waals surface area (Å²) in [5.41, 5.74) is 0.728. The van der Waals surface area contributed by atoms with Crippen molar-refractivity contribution in [3.05, 3.63) is 42.0 Å². The Morgan fingerprint density at radius 3 is 2.47 bits per heavy atom. The van der Waals surface area contributed by atoms with Gasteiger partial charge in [0.25, 0.3) is 0 Å². The summed E-state index contributed by atoms with van der Waals surface area (Å²) in [6.07, 6.45) is -1.10. The van der Waals surface area contributed by atoms with E-state index in [4.69, 9.17) is 4.74 Å². The van der Waals surface area contributed by atoms with Crippen LogP contribution in [0.2, 0.25) is 0 Å². The van der Waals surface area contributed by atoms with Gasteiger partial charge < -0.3 is 14.9 Å². The smallest absolute Gasteiger partial charge is 0.119 e. The lowest BCUT2D eigenvalue weighted by Gasteiger charge is -2.17. The Kier molecular flexibility index (Phi) is 4.80. The number of benzene rings is 2. The average Bonchev–Trinajstić information content (AvgIpc) is 2.45. The second-order valence-electron chi connectivity index (χ2n) is 4.46. The van der Waals surface area contributed by atoms with Crippen molar-refractivity contribution in [2.45, 2.75) is 18.6 Å². The topological polar surface area (TPSA) is 49.7 Å². The van der Waals surface area contributed by atoms with Crippen molar-refractivity contribution in [3.63, 3.8) is 0 Å². The van der Waals surface area contributed by atoms with E-state index in [1.165, 1.54) is 0 Å². The SMILES string of the molecule is COc1ccc2cc(C(O)C(O)CCBr)ccc2c1. The fourth-order valence-electron chi connectivity index (χ4n) is 2.05. The Morgan fingerprint density at radius 2 is 1.79 bits per heavy atom. The van der Waals surface area contributed by atoms with Gasteiger partial charge in [-0.1, -0.05) is 34.1 Å². The third-order valence-corrected chi connectivity index (χ3v) is 3.64. The van der Waals surface area contributed by atoms with Crippen molar-refractivity contribution in [1.82, 2.24) is 0 Å². The molecule has 0 bridgehead atoms. The van der Waals surface area contributed by atoms with Crippen LogP contribution in [-0.4, -0.2) is 28.8 Å². The maximum Gasteiger partial charge on any atom is 0.119 e. The second-order valence-corrected chi connectivity index (χ2v) is 5.26. The minimum Gasteiger partial charge on any atom is -0.497 e. The summed E-state index contributed by atoms with van der Waals surface area (Å²) in [5.74, 6) is 0.806. The Morgan fingerprint density at radius 1 is 1.11 bits per heavy atom. The van der Waals surface area contributed by atoms with Gasteiger partial charge in [-0.2, -0.15) is 0 Å². The number of fused-ring (bicyclic) bond motifs is 1. The molecular weight excluding hydrogens is 308 g/mol. The van der Waals surface area contributed by atoms with Gasteiger partial charge in [0.1, 0.15) is 11.9 Å². The molecule has 2 rings (SSSR count). The normalized spacial score (nSPS) is 14.3. The van der Waals surface area contributed by atoms with Crippen molar-refractivity contribution in [3.8, 4) is 5.75 Å². The molecule has 0 saturated carbocycles. The fraction of sp³-hybridized carbons (Fsp3) is 0.333. The largest absolute Gasteiger partial charge is 0.497 e. The van der Waals surface area contributed by atoms with Gasteiger partial charge in [0.15, 0.2) is 0 Å². The summed E-state index contributed by atoms with van der Waals surface area (Å²) in [6, 6.07) is 11.4. The molecule has 4 heteroatoms. The van der Waals surface area contributed by atoms with Gasteiger partial charge in [0.05, 0.1) is 13.2 Å². The lowest BCUT2D eigenvalue weighted by Crippen LogP contribution is -2.18. The Labute approximate surface area is 121 Å². The molecule has 0 heterocycles. The lowest BCUT2D eigenvalue weighted by atomic mass is 9.99. The molecule has 102 valence electrons. The molecule has 2 unspecified atom stereocenters. The molecule has 0 aliphatic carbocycles. The van der Waals surface area contributed by atoms with Crippen LogP contribution in [0.1, 0.15) is 18.1 Å². The first kappa shape index (κ1) is 14.3. The van der Waals surface area contributed by atoms with Gasteiger partial charge in [-0.25, -0.2) is 0 Å². The van der Waals surface area contributed by atoms with Gasteiger partial charge in [0, 0.05) is 5.33 Å². The number of aliphatic hydroxyl groups is 2. The fourth-order valence-corrected chi connectivity index (χ4v) is 2.51. The average molecular weight is 325 g/mol. The van der Waals surface area contributed by atoms with Crippen LogP contribution in [0.4, 0.5) is 0 Å². The van der Waals surface area contributed by atoms with Crippen LogP contribution in [0.5, 0.6) is 5.75 Å². The lowest BCUT2D eigenvalue weighted by molar-refractivity contribution is 0.0174. The van der Waals surface area contributed by atoms with E-state index in [0.717, 1.165) is 22.1 Å². The first-order chi connectivity index (χ1) is 9.15. The first-order valence-electron chi connectivity index (χ1n) is 6.15. The molecule has 2 aromatic rings. The van der Waals surface area contributed by atoms with Crippen LogP contribution in [0, 0.1) is 0 Å². The van der Waals surface area contributed by atoms with E-state index < -0.39 is 12.2 Å². The molecule has 0 fully saturated rings. The summed E-state index contributed by atoms with van der Waals surface area (Å²) < 4.78 is 5.18. The molecule has 0 aliphatic rings. The molecule has 0 radical (unpaired) electrons. The van der Waals surface area contributed by atoms with E-state index in [0.29, 0.717) is 11.8 Å². The molecule has 3 nitrogen and oxygen atoms in total. The predicted molar refractivity (Wildman–Crippen MR) is 79.9 cm³/mol. The van der Waals surface area contributed by atoms with E-state index in [1.54, 1.807) is 7.11 Å². The third-order valence-electron chi connectivity index (χ3n) is 3.18. The van der Waals surface area contributed by atoms with Crippen molar-refractivity contribution in [1.29, 1.82) is 0 Å². The number of ether oxygens (including phenoxy) is 1. The highest BCUT2D eigenvalue weighted by Gasteiger charge is 2.17. The second kappa shape index (κ2) is 6.37. The zero-order valence-electron chi connectivity index (χ0n) is 10.7. The van der Waals surface area contributed by atoms with E-state index in [1.807, 2.05) is 36.4 Å². The molecular formula is C15H17BrO3. The highest BCUT2D eigenvalue weighted by atomic mass is 79.9. The Hall–Kier alpha value is -1.10. The van der Waals surface area contributed by atoms with Crippen LogP contribution >= 0.6 is 15.9 Å². The molecule has 2 atom stereocenters. The van der Waals surface area contributed by atoms with Gasteiger partial charge in [-0.05, 0) is 41.0 Å². The molecule has 2 aromatic carbocycles.